The number of hydrogen-bond donors (Lipinski definition) is 0. The molecule has 126 valence electrons. The van der Waals surface area contributed by atoms with Crippen molar-refractivity contribution in [3.05, 3.63) is 71.8 Å². The molecule has 3 rings (SSSR count). The third kappa shape index (κ3) is 4.40. The Morgan fingerprint density at radius 2 is 1.50 bits per heavy atom. The first-order valence-electron chi connectivity index (χ1n) is 8.61. The number of benzene rings is 2. The van der Waals surface area contributed by atoms with Gasteiger partial charge in [0, 0.05) is 9.79 Å². The van der Waals surface area contributed by atoms with Crippen LogP contribution in [0.15, 0.2) is 81.6 Å². The standard InChI is InChI=1S/C21H24OS2/c1-17(18-11-5-2-6-12-18)21(23-19-13-7-3-8-14-19)24(22)20-15-9-4-10-16-20/h3-4,7-10,13-16,21H,2,5-6,11-12H2,1H3. The fourth-order valence-corrected chi connectivity index (χ4v) is 6.21. The van der Waals surface area contributed by atoms with Crippen LogP contribution in [0.25, 0.3) is 0 Å². The second kappa shape index (κ2) is 8.68. The first-order valence-corrected chi connectivity index (χ1v) is 10.7. The molecule has 0 aromatic heterocycles. The van der Waals surface area contributed by atoms with Crippen molar-refractivity contribution in [2.75, 3.05) is 0 Å². The molecule has 1 aliphatic carbocycles. The van der Waals surface area contributed by atoms with Crippen molar-refractivity contribution in [3.63, 3.8) is 0 Å². The topological polar surface area (TPSA) is 17.1 Å². The SMILES string of the molecule is CC(=C1CCCCC1)C(Sc1ccccc1)S(=O)c1ccccc1. The lowest BCUT2D eigenvalue weighted by Crippen LogP contribution is -2.15. The molecule has 2 unspecified atom stereocenters. The fourth-order valence-electron chi connectivity index (χ4n) is 3.13. The summed E-state index contributed by atoms with van der Waals surface area (Å²) < 4.78 is 13.3. The van der Waals surface area contributed by atoms with Crippen LogP contribution in [-0.4, -0.2) is 8.79 Å². The molecular formula is C21H24OS2. The number of rotatable bonds is 5. The molecule has 24 heavy (non-hydrogen) atoms. The van der Waals surface area contributed by atoms with Crippen molar-refractivity contribution in [3.8, 4) is 0 Å². The van der Waals surface area contributed by atoms with Crippen molar-refractivity contribution in [2.24, 2.45) is 0 Å². The summed E-state index contributed by atoms with van der Waals surface area (Å²) in [7, 11) is -1.05. The van der Waals surface area contributed by atoms with Crippen LogP contribution in [0.5, 0.6) is 0 Å². The van der Waals surface area contributed by atoms with Gasteiger partial charge in [0.25, 0.3) is 0 Å². The third-order valence-electron chi connectivity index (χ3n) is 4.52. The van der Waals surface area contributed by atoms with Gasteiger partial charge in [-0.3, -0.25) is 4.21 Å². The van der Waals surface area contributed by atoms with Gasteiger partial charge in [0.05, 0.1) is 10.8 Å². The van der Waals surface area contributed by atoms with Gasteiger partial charge in [0.1, 0.15) is 4.58 Å². The quantitative estimate of drug-likeness (QED) is 0.469. The van der Waals surface area contributed by atoms with Crippen LogP contribution in [0.1, 0.15) is 39.0 Å². The van der Waals surface area contributed by atoms with Crippen molar-refractivity contribution in [1.82, 2.24) is 0 Å². The van der Waals surface area contributed by atoms with Crippen molar-refractivity contribution >= 4 is 22.6 Å². The first-order chi connectivity index (χ1) is 11.8. The zero-order chi connectivity index (χ0) is 16.8. The molecule has 1 saturated carbocycles. The van der Waals surface area contributed by atoms with E-state index in [9.17, 15) is 4.21 Å². The Balaban J connectivity index is 1.92. The van der Waals surface area contributed by atoms with E-state index < -0.39 is 10.8 Å². The monoisotopic (exact) mass is 356 g/mol. The van der Waals surface area contributed by atoms with Crippen LogP contribution < -0.4 is 0 Å². The predicted octanol–water partition coefficient (Wildman–Crippen LogP) is 6.19. The molecule has 1 fully saturated rings. The first kappa shape index (κ1) is 17.5. The van der Waals surface area contributed by atoms with E-state index in [-0.39, 0.29) is 4.58 Å². The van der Waals surface area contributed by atoms with E-state index in [0.29, 0.717) is 0 Å². The maximum Gasteiger partial charge on any atom is 0.110 e. The van der Waals surface area contributed by atoms with E-state index >= 15 is 0 Å². The molecule has 2 aromatic rings. The Bertz CT molecular complexity index is 699. The molecule has 1 aliphatic rings. The molecule has 0 heterocycles. The van der Waals surface area contributed by atoms with Crippen LogP contribution in [0.4, 0.5) is 0 Å². The van der Waals surface area contributed by atoms with Crippen LogP contribution in [0.3, 0.4) is 0 Å². The van der Waals surface area contributed by atoms with Gasteiger partial charge in [-0.15, -0.1) is 11.8 Å². The molecule has 0 radical (unpaired) electrons. The van der Waals surface area contributed by atoms with Crippen molar-refractivity contribution in [1.29, 1.82) is 0 Å². The highest BCUT2D eigenvalue weighted by molar-refractivity contribution is 8.11. The molecular weight excluding hydrogens is 332 g/mol. The van der Waals surface area contributed by atoms with Gasteiger partial charge in [-0.05, 0) is 62.4 Å². The number of thioether (sulfide) groups is 1. The molecule has 0 N–H and O–H groups in total. The van der Waals surface area contributed by atoms with E-state index in [1.54, 1.807) is 11.8 Å². The highest BCUT2D eigenvalue weighted by atomic mass is 32.2. The second-order valence-corrected chi connectivity index (χ2v) is 9.24. The average Bonchev–Trinajstić information content (AvgIpc) is 2.67. The van der Waals surface area contributed by atoms with Gasteiger partial charge in [0.2, 0.25) is 0 Å². The maximum absolute atomic E-state index is 13.3. The third-order valence-corrected chi connectivity index (χ3v) is 7.93. The lowest BCUT2D eigenvalue weighted by atomic mass is 9.92. The van der Waals surface area contributed by atoms with Gasteiger partial charge in [0.15, 0.2) is 0 Å². The maximum atomic E-state index is 13.3. The summed E-state index contributed by atoms with van der Waals surface area (Å²) in [6.07, 6.45) is 6.21. The van der Waals surface area contributed by atoms with E-state index in [1.807, 2.05) is 48.5 Å². The normalized spacial score (nSPS) is 17.3. The zero-order valence-corrected chi connectivity index (χ0v) is 15.7. The van der Waals surface area contributed by atoms with E-state index in [1.165, 1.54) is 48.1 Å². The molecule has 2 atom stereocenters. The summed E-state index contributed by atoms with van der Waals surface area (Å²) in [6.45, 7) is 2.20. The molecule has 0 amide bonds. The summed E-state index contributed by atoms with van der Waals surface area (Å²) in [6, 6.07) is 20.2. The fraction of sp³-hybridized carbons (Fsp3) is 0.333. The van der Waals surface area contributed by atoms with Crippen molar-refractivity contribution in [2.45, 2.75) is 53.4 Å². The largest absolute Gasteiger partial charge is 0.253 e. The van der Waals surface area contributed by atoms with Gasteiger partial charge in [-0.1, -0.05) is 48.4 Å². The molecule has 0 spiro atoms. The molecule has 0 aliphatic heterocycles. The molecule has 0 saturated heterocycles. The lowest BCUT2D eigenvalue weighted by Gasteiger charge is -2.23. The Morgan fingerprint density at radius 1 is 0.917 bits per heavy atom. The Kier molecular flexibility index (Phi) is 6.33. The van der Waals surface area contributed by atoms with Crippen LogP contribution in [-0.2, 0) is 10.8 Å². The minimum atomic E-state index is -1.05. The summed E-state index contributed by atoms with van der Waals surface area (Å²) in [4.78, 5) is 2.10. The summed E-state index contributed by atoms with van der Waals surface area (Å²) >= 11 is 1.74. The van der Waals surface area contributed by atoms with E-state index in [4.69, 9.17) is 0 Å². The van der Waals surface area contributed by atoms with Gasteiger partial charge in [-0.25, -0.2) is 0 Å². The minimum absolute atomic E-state index is 0.0112. The molecule has 0 bridgehead atoms. The lowest BCUT2D eigenvalue weighted by molar-refractivity contribution is 0.592. The van der Waals surface area contributed by atoms with E-state index in [0.717, 1.165) is 4.90 Å². The van der Waals surface area contributed by atoms with Crippen LogP contribution in [0.2, 0.25) is 0 Å². The zero-order valence-electron chi connectivity index (χ0n) is 14.1. The predicted molar refractivity (Wildman–Crippen MR) is 105 cm³/mol. The van der Waals surface area contributed by atoms with Crippen molar-refractivity contribution < 1.29 is 4.21 Å². The van der Waals surface area contributed by atoms with Gasteiger partial charge < -0.3 is 0 Å². The summed E-state index contributed by atoms with van der Waals surface area (Å²) in [5.74, 6) is 0. The summed E-state index contributed by atoms with van der Waals surface area (Å²) in [5.41, 5.74) is 2.85. The van der Waals surface area contributed by atoms with Gasteiger partial charge in [-0.2, -0.15) is 0 Å². The molecule has 3 heteroatoms. The number of hydrogen-bond acceptors (Lipinski definition) is 2. The average molecular weight is 357 g/mol. The minimum Gasteiger partial charge on any atom is -0.253 e. The van der Waals surface area contributed by atoms with Crippen LogP contribution >= 0.6 is 11.8 Å². The number of allylic oxidation sites excluding steroid dienone is 1. The highest BCUT2D eigenvalue weighted by Crippen LogP contribution is 2.37. The van der Waals surface area contributed by atoms with Crippen LogP contribution in [0, 0.1) is 0 Å². The Hall–Kier alpha value is -1.32. The highest BCUT2D eigenvalue weighted by Gasteiger charge is 2.24. The second-order valence-electron chi connectivity index (χ2n) is 6.22. The molecule has 2 aromatic carbocycles. The summed E-state index contributed by atoms with van der Waals surface area (Å²) in [5, 5.41) is 0. The smallest absolute Gasteiger partial charge is 0.110 e. The van der Waals surface area contributed by atoms with Gasteiger partial charge >= 0.3 is 0 Å². The Labute approximate surface area is 152 Å². The van der Waals surface area contributed by atoms with E-state index in [2.05, 4.69) is 19.1 Å². The molecule has 1 nitrogen and oxygen atoms in total. The Morgan fingerprint density at radius 3 is 2.12 bits per heavy atom.